The SMILES string of the molecule is Cc1nn(C)cc1C(=O)N(C(=O)C(C)C)c1c(Cl)cc([N+](=O)[O-])cc1Cl. The Morgan fingerprint density at radius 1 is 1.27 bits per heavy atom. The summed E-state index contributed by atoms with van der Waals surface area (Å²) in [6.07, 6.45) is 1.48. The summed E-state index contributed by atoms with van der Waals surface area (Å²) in [4.78, 5) is 36.9. The molecule has 8 nitrogen and oxygen atoms in total. The molecule has 26 heavy (non-hydrogen) atoms. The van der Waals surface area contributed by atoms with Gasteiger partial charge in [-0.1, -0.05) is 37.0 Å². The van der Waals surface area contributed by atoms with Crippen LogP contribution in [0, 0.1) is 23.0 Å². The summed E-state index contributed by atoms with van der Waals surface area (Å²) in [5.41, 5.74) is 0.191. The number of carbonyl (C=O) groups excluding carboxylic acids is 2. The third-order valence-electron chi connectivity index (χ3n) is 3.60. The lowest BCUT2D eigenvalue weighted by Crippen LogP contribution is -2.40. The molecule has 1 heterocycles. The van der Waals surface area contributed by atoms with Gasteiger partial charge in [-0.05, 0) is 6.92 Å². The molecule has 10 heteroatoms. The maximum atomic E-state index is 13.0. The molecule has 0 fully saturated rings. The summed E-state index contributed by atoms with van der Waals surface area (Å²) in [6, 6.07) is 2.10. The van der Waals surface area contributed by atoms with Crippen molar-refractivity contribution in [1.29, 1.82) is 0 Å². The summed E-state index contributed by atoms with van der Waals surface area (Å²) in [5.74, 6) is -1.75. The fraction of sp³-hybridized carbons (Fsp3) is 0.312. The van der Waals surface area contributed by atoms with Crippen LogP contribution in [0.25, 0.3) is 0 Å². The van der Waals surface area contributed by atoms with E-state index in [0.29, 0.717) is 5.69 Å². The van der Waals surface area contributed by atoms with E-state index in [-0.39, 0.29) is 27.0 Å². The number of carbonyl (C=O) groups is 2. The van der Waals surface area contributed by atoms with Crippen molar-refractivity contribution in [2.24, 2.45) is 13.0 Å². The molecule has 2 amide bonds. The average Bonchev–Trinajstić information content (AvgIpc) is 2.87. The van der Waals surface area contributed by atoms with E-state index >= 15 is 0 Å². The average molecular weight is 399 g/mol. The number of aromatic nitrogens is 2. The first-order valence-corrected chi connectivity index (χ1v) is 8.32. The molecule has 1 aromatic heterocycles. The van der Waals surface area contributed by atoms with Crippen molar-refractivity contribution in [3.63, 3.8) is 0 Å². The highest BCUT2D eigenvalue weighted by atomic mass is 35.5. The van der Waals surface area contributed by atoms with Crippen LogP contribution in [0.4, 0.5) is 11.4 Å². The first-order valence-electron chi connectivity index (χ1n) is 7.56. The smallest absolute Gasteiger partial charge is 0.272 e. The molecule has 0 unspecified atom stereocenters. The monoisotopic (exact) mass is 398 g/mol. The number of anilines is 1. The number of hydrogen-bond acceptors (Lipinski definition) is 5. The Morgan fingerprint density at radius 3 is 2.19 bits per heavy atom. The van der Waals surface area contributed by atoms with Crippen LogP contribution in [-0.2, 0) is 11.8 Å². The quantitative estimate of drug-likeness (QED) is 0.576. The van der Waals surface area contributed by atoms with Gasteiger partial charge in [-0.15, -0.1) is 0 Å². The van der Waals surface area contributed by atoms with Crippen LogP contribution >= 0.6 is 23.2 Å². The molecule has 138 valence electrons. The largest absolute Gasteiger partial charge is 0.275 e. The number of nitro benzene ring substituents is 1. The van der Waals surface area contributed by atoms with Crippen molar-refractivity contribution in [1.82, 2.24) is 9.78 Å². The normalized spacial score (nSPS) is 10.9. The van der Waals surface area contributed by atoms with Gasteiger partial charge in [0.15, 0.2) is 0 Å². The highest BCUT2D eigenvalue weighted by molar-refractivity contribution is 6.42. The Morgan fingerprint density at radius 2 is 1.81 bits per heavy atom. The van der Waals surface area contributed by atoms with Crippen molar-refractivity contribution in [2.75, 3.05) is 4.90 Å². The number of non-ortho nitro benzene ring substituents is 1. The topological polar surface area (TPSA) is 98.3 Å². The van der Waals surface area contributed by atoms with Gasteiger partial charge in [0.25, 0.3) is 11.6 Å². The number of nitro groups is 1. The van der Waals surface area contributed by atoms with Gasteiger partial charge in [-0.3, -0.25) is 24.4 Å². The zero-order chi connectivity index (χ0) is 19.8. The first kappa shape index (κ1) is 19.9. The maximum absolute atomic E-state index is 13.0. The second kappa shape index (κ2) is 7.43. The molecule has 0 aliphatic heterocycles. The van der Waals surface area contributed by atoms with Gasteiger partial charge < -0.3 is 0 Å². The van der Waals surface area contributed by atoms with Crippen molar-refractivity contribution < 1.29 is 14.5 Å². The van der Waals surface area contributed by atoms with E-state index in [1.807, 2.05) is 0 Å². The van der Waals surface area contributed by atoms with Gasteiger partial charge in [0.1, 0.15) is 0 Å². The van der Waals surface area contributed by atoms with Crippen LogP contribution in [0.3, 0.4) is 0 Å². The molecular weight excluding hydrogens is 383 g/mol. The number of imide groups is 1. The van der Waals surface area contributed by atoms with Crippen molar-refractivity contribution in [3.8, 4) is 0 Å². The fourth-order valence-electron chi connectivity index (χ4n) is 2.37. The molecular formula is C16H16Cl2N4O4. The Hall–Kier alpha value is -2.45. The number of hydrogen-bond donors (Lipinski definition) is 0. The molecule has 0 aliphatic carbocycles. The Labute approximate surface area is 159 Å². The highest BCUT2D eigenvalue weighted by Crippen LogP contribution is 2.39. The maximum Gasteiger partial charge on any atom is 0.272 e. The van der Waals surface area contributed by atoms with Crippen LogP contribution in [0.1, 0.15) is 29.9 Å². The van der Waals surface area contributed by atoms with Crippen LogP contribution < -0.4 is 4.90 Å². The molecule has 0 saturated carbocycles. The second-order valence-corrected chi connectivity index (χ2v) is 6.76. The van der Waals surface area contributed by atoms with Crippen LogP contribution in [-0.4, -0.2) is 26.5 Å². The lowest BCUT2D eigenvalue weighted by atomic mass is 10.1. The summed E-state index contributed by atoms with van der Waals surface area (Å²) in [7, 11) is 1.64. The van der Waals surface area contributed by atoms with Gasteiger partial charge >= 0.3 is 0 Å². The predicted molar refractivity (Wildman–Crippen MR) is 97.7 cm³/mol. The number of halogens is 2. The van der Waals surface area contributed by atoms with Crippen molar-refractivity contribution in [3.05, 3.63) is 49.7 Å². The molecule has 0 bridgehead atoms. The Bertz CT molecular complexity index is 885. The van der Waals surface area contributed by atoms with E-state index in [2.05, 4.69) is 5.10 Å². The predicted octanol–water partition coefficient (Wildman–Crippen LogP) is 3.77. The van der Waals surface area contributed by atoms with Crippen molar-refractivity contribution in [2.45, 2.75) is 20.8 Å². The number of benzene rings is 1. The van der Waals surface area contributed by atoms with Gasteiger partial charge in [-0.25, -0.2) is 4.90 Å². The van der Waals surface area contributed by atoms with E-state index in [1.54, 1.807) is 27.8 Å². The van der Waals surface area contributed by atoms with Gasteiger partial charge in [0.05, 0.1) is 31.9 Å². The van der Waals surface area contributed by atoms with E-state index < -0.39 is 22.7 Å². The molecule has 2 rings (SSSR count). The summed E-state index contributed by atoms with van der Waals surface area (Å²) in [5, 5.41) is 14.7. The summed E-state index contributed by atoms with van der Waals surface area (Å²) in [6.45, 7) is 4.86. The van der Waals surface area contributed by atoms with E-state index in [1.165, 1.54) is 10.9 Å². The number of nitrogens with zero attached hydrogens (tertiary/aromatic N) is 4. The summed E-state index contributed by atoms with van der Waals surface area (Å²) < 4.78 is 1.44. The molecule has 0 atom stereocenters. The number of rotatable bonds is 4. The minimum Gasteiger partial charge on any atom is -0.275 e. The third-order valence-corrected chi connectivity index (χ3v) is 4.17. The van der Waals surface area contributed by atoms with Crippen molar-refractivity contribution >= 4 is 46.4 Å². The molecule has 1 aromatic carbocycles. The van der Waals surface area contributed by atoms with Gasteiger partial charge in [0.2, 0.25) is 5.91 Å². The fourth-order valence-corrected chi connectivity index (χ4v) is 3.02. The van der Waals surface area contributed by atoms with E-state index in [4.69, 9.17) is 23.2 Å². The molecule has 2 aromatic rings. The second-order valence-electron chi connectivity index (χ2n) is 5.95. The van der Waals surface area contributed by atoms with Crippen LogP contribution in [0.2, 0.25) is 10.0 Å². The molecule has 0 aliphatic rings. The minimum absolute atomic E-state index is 0.0918. The van der Waals surface area contributed by atoms with E-state index in [9.17, 15) is 19.7 Å². The highest BCUT2D eigenvalue weighted by Gasteiger charge is 2.33. The Balaban J connectivity index is 2.67. The number of aryl methyl sites for hydroxylation is 2. The first-order chi connectivity index (χ1) is 12.0. The lowest BCUT2D eigenvalue weighted by molar-refractivity contribution is -0.384. The van der Waals surface area contributed by atoms with Gasteiger partial charge in [0, 0.05) is 31.3 Å². The standard InChI is InChI=1S/C16H16Cl2N4O4/c1-8(2)15(23)21(16(24)11-7-20(4)19-9(11)3)14-12(17)5-10(22(25)26)6-13(14)18/h5-8H,1-4H3. The molecule has 0 radical (unpaired) electrons. The summed E-state index contributed by atoms with van der Waals surface area (Å²) >= 11 is 12.3. The molecule has 0 saturated heterocycles. The van der Waals surface area contributed by atoms with Crippen LogP contribution in [0.5, 0.6) is 0 Å². The number of amides is 2. The molecule has 0 N–H and O–H groups in total. The molecule has 0 spiro atoms. The third kappa shape index (κ3) is 3.71. The van der Waals surface area contributed by atoms with Crippen LogP contribution in [0.15, 0.2) is 18.3 Å². The Kier molecular flexibility index (Phi) is 5.68. The lowest BCUT2D eigenvalue weighted by Gasteiger charge is -2.24. The van der Waals surface area contributed by atoms with Gasteiger partial charge in [-0.2, -0.15) is 5.10 Å². The van der Waals surface area contributed by atoms with E-state index in [0.717, 1.165) is 17.0 Å². The minimum atomic E-state index is -0.663. The zero-order valence-electron chi connectivity index (χ0n) is 14.5. The zero-order valence-corrected chi connectivity index (χ0v) is 16.0.